The van der Waals surface area contributed by atoms with Crippen LogP contribution in [-0.2, 0) is 6.54 Å². The van der Waals surface area contributed by atoms with E-state index in [9.17, 15) is 4.79 Å². The third-order valence-electron chi connectivity index (χ3n) is 6.51. The molecule has 0 saturated carbocycles. The summed E-state index contributed by atoms with van der Waals surface area (Å²) in [5.74, 6) is 1.80. The van der Waals surface area contributed by atoms with Crippen LogP contribution in [0.1, 0.15) is 34.5 Å². The van der Waals surface area contributed by atoms with Gasteiger partial charge in [-0.2, -0.15) is 5.10 Å². The van der Waals surface area contributed by atoms with E-state index in [-0.39, 0.29) is 5.91 Å². The number of fused-ring (bicyclic) bond motifs is 1. The largest absolute Gasteiger partial charge is 0.454 e. The third kappa shape index (κ3) is 3.89. The molecule has 5 rings (SSSR count). The molecule has 2 aromatic rings. The lowest BCUT2D eigenvalue weighted by molar-refractivity contribution is 0.0407. The van der Waals surface area contributed by atoms with Gasteiger partial charge in [-0.1, -0.05) is 6.07 Å². The second-order valence-electron chi connectivity index (χ2n) is 8.46. The smallest absolute Gasteiger partial charge is 0.257 e. The fraction of sp³-hybridized carbons (Fsp3) is 0.545. The highest BCUT2D eigenvalue weighted by molar-refractivity contribution is 5.95. The monoisotopic (exact) mass is 411 g/mol. The van der Waals surface area contributed by atoms with E-state index in [1.54, 1.807) is 6.20 Å². The van der Waals surface area contributed by atoms with Crippen LogP contribution in [0.2, 0.25) is 0 Å². The van der Waals surface area contributed by atoms with Crippen molar-refractivity contribution in [2.45, 2.75) is 32.4 Å². The van der Waals surface area contributed by atoms with E-state index >= 15 is 0 Å². The minimum Gasteiger partial charge on any atom is -0.454 e. The summed E-state index contributed by atoms with van der Waals surface area (Å²) in [6.07, 6.45) is 3.87. The van der Waals surface area contributed by atoms with Crippen LogP contribution in [0, 0.1) is 6.92 Å². The van der Waals surface area contributed by atoms with Gasteiger partial charge in [0.15, 0.2) is 11.5 Å². The summed E-state index contributed by atoms with van der Waals surface area (Å²) in [4.78, 5) is 19.9. The first-order valence-corrected chi connectivity index (χ1v) is 10.8. The highest BCUT2D eigenvalue weighted by atomic mass is 16.7. The molecule has 0 radical (unpaired) electrons. The Morgan fingerprint density at radius 2 is 2.00 bits per heavy atom. The summed E-state index contributed by atoms with van der Waals surface area (Å²) in [5.41, 5.74) is 2.81. The van der Waals surface area contributed by atoms with Crippen LogP contribution in [0.3, 0.4) is 0 Å². The highest BCUT2D eigenvalue weighted by Crippen LogP contribution is 2.33. The zero-order valence-corrected chi connectivity index (χ0v) is 17.5. The Balaban J connectivity index is 1.14. The van der Waals surface area contributed by atoms with Crippen LogP contribution in [0.4, 0.5) is 0 Å². The van der Waals surface area contributed by atoms with Crippen molar-refractivity contribution in [1.29, 1.82) is 0 Å². The van der Waals surface area contributed by atoms with E-state index in [1.807, 2.05) is 17.9 Å². The number of rotatable bonds is 4. The summed E-state index contributed by atoms with van der Waals surface area (Å²) in [5, 5.41) is 6.88. The molecular weight excluding hydrogens is 382 g/mol. The number of aromatic amines is 1. The number of nitrogens with one attached hydrogen (secondary N) is 1. The van der Waals surface area contributed by atoms with Crippen LogP contribution in [-0.4, -0.2) is 82.9 Å². The Morgan fingerprint density at radius 1 is 1.17 bits per heavy atom. The number of benzene rings is 1. The van der Waals surface area contributed by atoms with Crippen molar-refractivity contribution in [3.63, 3.8) is 0 Å². The second kappa shape index (κ2) is 8.28. The summed E-state index contributed by atoms with van der Waals surface area (Å²) < 4.78 is 10.9. The van der Waals surface area contributed by atoms with Gasteiger partial charge in [-0.3, -0.25) is 19.7 Å². The number of hydrogen-bond acceptors (Lipinski definition) is 6. The maximum atomic E-state index is 12.9. The van der Waals surface area contributed by atoms with E-state index in [0.29, 0.717) is 18.4 Å². The van der Waals surface area contributed by atoms with Crippen molar-refractivity contribution in [1.82, 2.24) is 24.9 Å². The normalized spacial score (nSPS) is 22.4. The maximum absolute atomic E-state index is 12.9. The number of piperazine rings is 1. The average molecular weight is 412 g/mol. The molecule has 1 N–H and O–H groups in total. The Bertz CT molecular complexity index is 906. The van der Waals surface area contributed by atoms with Gasteiger partial charge in [0.2, 0.25) is 6.79 Å². The number of likely N-dealkylation sites (tertiary alicyclic amines) is 1. The lowest BCUT2D eigenvalue weighted by Gasteiger charge is -2.43. The second-order valence-corrected chi connectivity index (χ2v) is 8.46. The predicted octanol–water partition coefficient (Wildman–Crippen LogP) is 1.87. The van der Waals surface area contributed by atoms with Gasteiger partial charge in [0, 0.05) is 57.5 Å². The van der Waals surface area contributed by atoms with Crippen molar-refractivity contribution in [2.75, 3.05) is 46.1 Å². The zero-order chi connectivity index (χ0) is 20.5. The van der Waals surface area contributed by atoms with Gasteiger partial charge >= 0.3 is 0 Å². The lowest BCUT2D eigenvalue weighted by atomic mass is 10.0. The number of carbonyl (C=O) groups is 1. The molecule has 8 heteroatoms. The number of ether oxygens (including phenoxy) is 2. The first kappa shape index (κ1) is 19.4. The van der Waals surface area contributed by atoms with E-state index < -0.39 is 0 Å². The van der Waals surface area contributed by atoms with Crippen LogP contribution < -0.4 is 9.47 Å². The van der Waals surface area contributed by atoms with Crippen LogP contribution >= 0.6 is 0 Å². The molecule has 1 amide bonds. The van der Waals surface area contributed by atoms with Crippen LogP contribution in [0.15, 0.2) is 24.4 Å². The fourth-order valence-electron chi connectivity index (χ4n) is 4.76. The molecule has 2 fully saturated rings. The number of hydrogen-bond donors (Lipinski definition) is 1. The van der Waals surface area contributed by atoms with Crippen LogP contribution in [0.5, 0.6) is 11.5 Å². The molecule has 2 saturated heterocycles. The van der Waals surface area contributed by atoms with Crippen molar-refractivity contribution in [2.24, 2.45) is 0 Å². The Kier molecular flexibility index (Phi) is 5.35. The minimum absolute atomic E-state index is 0.104. The molecule has 1 aromatic heterocycles. The van der Waals surface area contributed by atoms with E-state index in [4.69, 9.17) is 9.47 Å². The molecule has 30 heavy (non-hydrogen) atoms. The van der Waals surface area contributed by atoms with Crippen molar-refractivity contribution < 1.29 is 14.3 Å². The Labute approximate surface area is 176 Å². The fourth-order valence-corrected chi connectivity index (χ4v) is 4.76. The summed E-state index contributed by atoms with van der Waals surface area (Å²) in [7, 11) is 0. The van der Waals surface area contributed by atoms with Crippen molar-refractivity contribution in [3.8, 4) is 11.5 Å². The van der Waals surface area contributed by atoms with E-state index in [0.717, 1.165) is 75.8 Å². The molecule has 160 valence electrons. The predicted molar refractivity (Wildman–Crippen MR) is 112 cm³/mol. The number of aromatic nitrogens is 2. The van der Waals surface area contributed by atoms with Gasteiger partial charge in [-0.15, -0.1) is 0 Å². The first-order chi connectivity index (χ1) is 14.7. The van der Waals surface area contributed by atoms with Crippen LogP contribution in [0.25, 0.3) is 0 Å². The highest BCUT2D eigenvalue weighted by Gasteiger charge is 2.31. The van der Waals surface area contributed by atoms with Gasteiger partial charge < -0.3 is 14.4 Å². The molecular formula is C22H29N5O3. The minimum atomic E-state index is 0.104. The standard InChI is InChI=1S/C22H29N5O3/c1-16-19(12-23-24-16)22(28)27-6-2-3-18(14-27)26-9-7-25(8-10-26)13-17-4-5-20-21(11-17)30-15-29-20/h4-5,11-12,18H,2-3,6-10,13-15H2,1H3,(H,23,24)/t18-/m1/s1. The molecule has 1 aromatic carbocycles. The van der Waals surface area contributed by atoms with Gasteiger partial charge in [0.25, 0.3) is 5.91 Å². The average Bonchev–Trinajstić information content (AvgIpc) is 3.42. The molecule has 4 heterocycles. The number of H-pyrrole nitrogens is 1. The van der Waals surface area contributed by atoms with Gasteiger partial charge in [-0.25, -0.2) is 0 Å². The Hall–Kier alpha value is -2.58. The summed E-state index contributed by atoms with van der Waals surface area (Å²) in [6.45, 7) is 8.97. The zero-order valence-electron chi connectivity index (χ0n) is 17.5. The number of aryl methyl sites for hydroxylation is 1. The number of amides is 1. The molecule has 3 aliphatic heterocycles. The maximum Gasteiger partial charge on any atom is 0.257 e. The molecule has 1 atom stereocenters. The van der Waals surface area contributed by atoms with Crippen molar-refractivity contribution >= 4 is 5.91 Å². The molecule has 0 bridgehead atoms. The summed E-state index contributed by atoms with van der Waals surface area (Å²) in [6, 6.07) is 6.67. The van der Waals surface area contributed by atoms with Crippen molar-refractivity contribution in [3.05, 3.63) is 41.2 Å². The number of piperidine rings is 1. The van der Waals surface area contributed by atoms with Gasteiger partial charge in [-0.05, 0) is 37.5 Å². The number of nitrogens with zero attached hydrogens (tertiary/aromatic N) is 4. The molecule has 0 unspecified atom stereocenters. The number of carbonyl (C=O) groups excluding carboxylic acids is 1. The molecule has 8 nitrogen and oxygen atoms in total. The molecule has 0 spiro atoms. The van der Waals surface area contributed by atoms with E-state index in [2.05, 4.69) is 32.1 Å². The summed E-state index contributed by atoms with van der Waals surface area (Å²) >= 11 is 0. The molecule has 3 aliphatic rings. The van der Waals surface area contributed by atoms with Gasteiger partial charge in [0.05, 0.1) is 11.8 Å². The quantitative estimate of drug-likeness (QED) is 0.828. The van der Waals surface area contributed by atoms with E-state index in [1.165, 1.54) is 5.56 Å². The SMILES string of the molecule is Cc1[nH]ncc1C(=O)N1CCC[C@@H](N2CCN(Cc3ccc4c(c3)OCO4)CC2)C1. The topological polar surface area (TPSA) is 73.9 Å². The first-order valence-electron chi connectivity index (χ1n) is 10.8. The molecule has 0 aliphatic carbocycles. The Morgan fingerprint density at radius 3 is 2.80 bits per heavy atom. The van der Waals surface area contributed by atoms with Gasteiger partial charge in [0.1, 0.15) is 0 Å². The lowest BCUT2D eigenvalue weighted by Crippen LogP contribution is -2.55. The third-order valence-corrected chi connectivity index (χ3v) is 6.51.